The Kier molecular flexibility index (Phi) is 4.63. The summed E-state index contributed by atoms with van der Waals surface area (Å²) in [7, 11) is 0. The van der Waals surface area contributed by atoms with Gasteiger partial charge in [0, 0.05) is 0 Å². The van der Waals surface area contributed by atoms with E-state index in [1.54, 1.807) is 25.1 Å². The second-order valence-electron chi connectivity index (χ2n) is 5.01. The number of carbonyl (C=O) groups is 1. The number of ether oxygens (including phenoxy) is 1. The van der Waals surface area contributed by atoms with Gasteiger partial charge in [-0.1, -0.05) is 6.07 Å². The molecule has 0 aromatic heterocycles. The Morgan fingerprint density at radius 1 is 1.17 bits per heavy atom. The Balaban J connectivity index is 2.58. The third kappa shape index (κ3) is 3.83. The monoisotopic (exact) mass is 324 g/mol. The van der Waals surface area contributed by atoms with Gasteiger partial charge >= 0.3 is 12.1 Å². The Bertz CT molecular complexity index is 736. The van der Waals surface area contributed by atoms with E-state index in [-0.39, 0.29) is 5.56 Å². The molecule has 0 saturated carbocycles. The lowest BCUT2D eigenvalue weighted by Crippen LogP contribution is -2.08. The SMILES string of the molecule is CCOc1ccc(-c2cc(C(=O)O)cc(C(F)(F)F)c2)c(C)c1. The predicted octanol–water partition coefficient (Wildman–Crippen LogP) is 4.78. The maximum Gasteiger partial charge on any atom is 0.416 e. The number of halogens is 3. The van der Waals surface area contributed by atoms with Gasteiger partial charge in [-0.3, -0.25) is 0 Å². The molecule has 2 aromatic rings. The van der Waals surface area contributed by atoms with Gasteiger partial charge in [0.25, 0.3) is 0 Å². The molecule has 3 nitrogen and oxygen atoms in total. The number of aryl methyl sites for hydroxylation is 1. The van der Waals surface area contributed by atoms with Crippen LogP contribution in [0.1, 0.15) is 28.4 Å². The zero-order valence-corrected chi connectivity index (χ0v) is 12.6. The van der Waals surface area contributed by atoms with Crippen LogP contribution >= 0.6 is 0 Å². The summed E-state index contributed by atoms with van der Waals surface area (Å²) in [4.78, 5) is 11.1. The summed E-state index contributed by atoms with van der Waals surface area (Å²) in [6, 6.07) is 7.80. The highest BCUT2D eigenvalue weighted by Crippen LogP contribution is 2.35. The Labute approximate surface area is 131 Å². The van der Waals surface area contributed by atoms with Crippen molar-refractivity contribution in [1.82, 2.24) is 0 Å². The number of hydrogen-bond acceptors (Lipinski definition) is 2. The highest BCUT2D eigenvalue weighted by molar-refractivity contribution is 5.90. The van der Waals surface area contributed by atoms with Crippen LogP contribution in [0, 0.1) is 6.92 Å². The maximum atomic E-state index is 13.0. The minimum Gasteiger partial charge on any atom is -0.494 e. The highest BCUT2D eigenvalue weighted by atomic mass is 19.4. The molecule has 0 aliphatic carbocycles. The molecule has 0 atom stereocenters. The largest absolute Gasteiger partial charge is 0.494 e. The van der Waals surface area contributed by atoms with Crippen molar-refractivity contribution >= 4 is 5.97 Å². The van der Waals surface area contributed by atoms with Crippen molar-refractivity contribution in [1.29, 1.82) is 0 Å². The molecule has 0 saturated heterocycles. The van der Waals surface area contributed by atoms with E-state index in [0.717, 1.165) is 6.07 Å². The van der Waals surface area contributed by atoms with Crippen molar-refractivity contribution in [3.8, 4) is 16.9 Å². The number of benzene rings is 2. The fourth-order valence-corrected chi connectivity index (χ4v) is 2.29. The predicted molar refractivity (Wildman–Crippen MR) is 79.7 cm³/mol. The molecular formula is C17H15F3O3. The first kappa shape index (κ1) is 16.9. The van der Waals surface area contributed by atoms with Crippen molar-refractivity contribution in [3.05, 3.63) is 53.1 Å². The van der Waals surface area contributed by atoms with E-state index in [9.17, 15) is 18.0 Å². The summed E-state index contributed by atoms with van der Waals surface area (Å²) in [6.45, 7) is 4.04. The Morgan fingerprint density at radius 3 is 2.39 bits per heavy atom. The van der Waals surface area contributed by atoms with Crippen molar-refractivity contribution in [3.63, 3.8) is 0 Å². The van der Waals surface area contributed by atoms with Crippen LogP contribution in [-0.4, -0.2) is 17.7 Å². The van der Waals surface area contributed by atoms with Gasteiger partial charge in [0.05, 0.1) is 17.7 Å². The molecule has 1 N–H and O–H groups in total. The van der Waals surface area contributed by atoms with Gasteiger partial charge in [0.1, 0.15) is 5.75 Å². The van der Waals surface area contributed by atoms with Crippen LogP contribution in [-0.2, 0) is 6.18 Å². The topological polar surface area (TPSA) is 46.5 Å². The van der Waals surface area contributed by atoms with Gasteiger partial charge in [0.15, 0.2) is 0 Å². The molecular weight excluding hydrogens is 309 g/mol. The highest BCUT2D eigenvalue weighted by Gasteiger charge is 2.32. The van der Waals surface area contributed by atoms with E-state index >= 15 is 0 Å². The minimum atomic E-state index is -4.61. The van der Waals surface area contributed by atoms with Crippen LogP contribution in [0.2, 0.25) is 0 Å². The summed E-state index contributed by atoms with van der Waals surface area (Å²) in [6.07, 6.45) is -4.61. The number of carboxylic acid groups (broad SMARTS) is 1. The lowest BCUT2D eigenvalue weighted by Gasteiger charge is -2.13. The molecule has 122 valence electrons. The van der Waals surface area contributed by atoms with Gasteiger partial charge in [-0.2, -0.15) is 13.2 Å². The van der Waals surface area contributed by atoms with E-state index in [2.05, 4.69) is 0 Å². The number of aromatic carboxylic acids is 1. The molecule has 0 radical (unpaired) electrons. The van der Waals surface area contributed by atoms with Crippen LogP contribution in [0.25, 0.3) is 11.1 Å². The smallest absolute Gasteiger partial charge is 0.416 e. The minimum absolute atomic E-state index is 0.206. The molecule has 6 heteroatoms. The average Bonchev–Trinajstić information content (AvgIpc) is 2.46. The second kappa shape index (κ2) is 6.32. The van der Waals surface area contributed by atoms with Gasteiger partial charge in [-0.15, -0.1) is 0 Å². The molecule has 0 heterocycles. The number of alkyl halides is 3. The summed E-state index contributed by atoms with van der Waals surface area (Å²) < 4.78 is 44.3. The number of hydrogen-bond donors (Lipinski definition) is 1. The standard InChI is InChI=1S/C17H15F3O3/c1-3-23-14-4-5-15(10(2)6-14)11-7-12(16(21)22)9-13(8-11)17(18,19)20/h4-9H,3H2,1-2H3,(H,21,22). The number of carboxylic acids is 1. The Morgan fingerprint density at radius 2 is 1.87 bits per heavy atom. The first-order chi connectivity index (χ1) is 10.7. The molecule has 2 aromatic carbocycles. The van der Waals surface area contributed by atoms with Crippen molar-refractivity contribution in [2.45, 2.75) is 20.0 Å². The van der Waals surface area contributed by atoms with Crippen LogP contribution < -0.4 is 4.74 Å². The summed E-state index contributed by atoms with van der Waals surface area (Å²) in [5.74, 6) is -0.792. The van der Waals surface area contributed by atoms with E-state index in [0.29, 0.717) is 29.5 Å². The first-order valence-corrected chi connectivity index (χ1v) is 6.91. The lowest BCUT2D eigenvalue weighted by molar-refractivity contribution is -0.137. The first-order valence-electron chi connectivity index (χ1n) is 6.91. The normalized spacial score (nSPS) is 11.3. The fourth-order valence-electron chi connectivity index (χ4n) is 2.29. The van der Waals surface area contributed by atoms with Crippen LogP contribution in [0.15, 0.2) is 36.4 Å². The summed E-state index contributed by atoms with van der Waals surface area (Å²) in [5.41, 5.74) is 0.0511. The van der Waals surface area contributed by atoms with Gasteiger partial charge in [-0.05, 0) is 60.9 Å². The Hall–Kier alpha value is -2.50. The van der Waals surface area contributed by atoms with Crippen molar-refractivity contribution < 1.29 is 27.8 Å². The van der Waals surface area contributed by atoms with E-state index in [1.165, 1.54) is 6.07 Å². The molecule has 0 unspecified atom stereocenters. The maximum absolute atomic E-state index is 13.0. The lowest BCUT2D eigenvalue weighted by atomic mass is 9.96. The molecule has 0 spiro atoms. The van der Waals surface area contributed by atoms with Crippen molar-refractivity contribution in [2.75, 3.05) is 6.61 Å². The summed E-state index contributed by atoms with van der Waals surface area (Å²) in [5, 5.41) is 9.04. The molecule has 0 aliphatic heterocycles. The van der Waals surface area contributed by atoms with Crippen molar-refractivity contribution in [2.24, 2.45) is 0 Å². The van der Waals surface area contributed by atoms with Gasteiger partial charge in [-0.25, -0.2) is 4.79 Å². The molecule has 0 amide bonds. The van der Waals surface area contributed by atoms with Crippen LogP contribution in [0.5, 0.6) is 5.75 Å². The molecule has 0 aliphatic rings. The van der Waals surface area contributed by atoms with E-state index in [1.807, 2.05) is 6.92 Å². The zero-order chi connectivity index (χ0) is 17.2. The third-order valence-electron chi connectivity index (χ3n) is 3.33. The third-order valence-corrected chi connectivity index (χ3v) is 3.33. The molecule has 0 fully saturated rings. The van der Waals surface area contributed by atoms with Gasteiger partial charge < -0.3 is 9.84 Å². The van der Waals surface area contributed by atoms with Crippen LogP contribution in [0.3, 0.4) is 0 Å². The molecule has 23 heavy (non-hydrogen) atoms. The molecule has 2 rings (SSSR count). The van der Waals surface area contributed by atoms with E-state index in [4.69, 9.17) is 9.84 Å². The zero-order valence-electron chi connectivity index (χ0n) is 12.6. The van der Waals surface area contributed by atoms with Gasteiger partial charge in [0.2, 0.25) is 0 Å². The van der Waals surface area contributed by atoms with E-state index < -0.39 is 23.3 Å². The summed E-state index contributed by atoms with van der Waals surface area (Å²) >= 11 is 0. The average molecular weight is 324 g/mol. The molecule has 0 bridgehead atoms. The quantitative estimate of drug-likeness (QED) is 0.880. The number of rotatable bonds is 4. The van der Waals surface area contributed by atoms with Crippen LogP contribution in [0.4, 0.5) is 13.2 Å². The fraction of sp³-hybridized carbons (Fsp3) is 0.235. The second-order valence-corrected chi connectivity index (χ2v) is 5.01.